The van der Waals surface area contributed by atoms with Gasteiger partial charge in [-0.2, -0.15) is 13.2 Å². The molecule has 0 bridgehead atoms. The van der Waals surface area contributed by atoms with E-state index in [2.05, 4.69) is 5.32 Å². The highest BCUT2D eigenvalue weighted by Gasteiger charge is 2.49. The van der Waals surface area contributed by atoms with Gasteiger partial charge < -0.3 is 14.8 Å². The Kier molecular flexibility index (Phi) is 6.74. The van der Waals surface area contributed by atoms with Gasteiger partial charge in [-0.05, 0) is 43.4 Å². The van der Waals surface area contributed by atoms with Gasteiger partial charge in [-0.25, -0.2) is 9.59 Å². The average Bonchev–Trinajstić information content (AvgIpc) is 3.64. The summed E-state index contributed by atoms with van der Waals surface area (Å²) in [6, 6.07) is 14.7. The summed E-state index contributed by atoms with van der Waals surface area (Å²) in [7, 11) is 1.16. The number of carbonyl (C=O) groups is 2. The lowest BCUT2D eigenvalue weighted by molar-refractivity contribution is -0.141. The van der Waals surface area contributed by atoms with Crippen molar-refractivity contribution in [3.63, 3.8) is 0 Å². The van der Waals surface area contributed by atoms with Crippen molar-refractivity contribution in [1.29, 1.82) is 0 Å². The Labute approximate surface area is 201 Å². The number of allylic oxidation sites excluding steroid dienone is 2. The molecule has 184 valence electrons. The highest BCUT2D eigenvalue weighted by atomic mass is 19.4. The van der Waals surface area contributed by atoms with Gasteiger partial charge in [0.25, 0.3) is 0 Å². The maximum Gasteiger partial charge on any atom is 0.416 e. The molecule has 5 nitrogen and oxygen atoms in total. The van der Waals surface area contributed by atoms with Gasteiger partial charge in [-0.15, -0.1) is 0 Å². The summed E-state index contributed by atoms with van der Waals surface area (Å²) in [4.78, 5) is 26.2. The maximum absolute atomic E-state index is 14.1. The van der Waals surface area contributed by atoms with Crippen LogP contribution >= 0.6 is 0 Å². The molecule has 35 heavy (non-hydrogen) atoms. The van der Waals surface area contributed by atoms with Gasteiger partial charge in [-0.1, -0.05) is 48.5 Å². The van der Waals surface area contributed by atoms with E-state index in [1.54, 1.807) is 13.8 Å². The number of alkyl halides is 3. The van der Waals surface area contributed by atoms with E-state index in [1.165, 1.54) is 18.2 Å². The zero-order valence-corrected chi connectivity index (χ0v) is 19.6. The minimum atomic E-state index is -4.69. The normalized spacial score (nSPS) is 21.9. The average molecular weight is 486 g/mol. The Morgan fingerprint density at radius 3 is 2.26 bits per heavy atom. The highest BCUT2D eigenvalue weighted by Crippen LogP contribution is 2.55. The van der Waals surface area contributed by atoms with Crippen molar-refractivity contribution in [2.24, 2.45) is 5.92 Å². The van der Waals surface area contributed by atoms with Crippen molar-refractivity contribution in [2.75, 3.05) is 13.7 Å². The largest absolute Gasteiger partial charge is 0.466 e. The number of halogens is 3. The predicted molar refractivity (Wildman–Crippen MR) is 123 cm³/mol. The number of hydrogen-bond donors (Lipinski definition) is 1. The zero-order chi connectivity index (χ0) is 25.3. The van der Waals surface area contributed by atoms with Crippen LogP contribution < -0.4 is 5.32 Å². The summed E-state index contributed by atoms with van der Waals surface area (Å²) in [6.07, 6.45) is -3.98. The van der Waals surface area contributed by atoms with E-state index in [0.29, 0.717) is 17.8 Å². The van der Waals surface area contributed by atoms with Crippen LogP contribution in [0.2, 0.25) is 0 Å². The maximum atomic E-state index is 14.1. The first kappa shape index (κ1) is 24.6. The molecule has 1 saturated carbocycles. The third kappa shape index (κ3) is 4.70. The first-order valence-corrected chi connectivity index (χ1v) is 11.4. The Balaban J connectivity index is 1.93. The molecule has 8 heteroatoms. The topological polar surface area (TPSA) is 64.6 Å². The molecule has 1 aliphatic carbocycles. The van der Waals surface area contributed by atoms with E-state index in [0.717, 1.165) is 18.7 Å². The smallest absolute Gasteiger partial charge is 0.416 e. The second-order valence-electron chi connectivity index (χ2n) is 8.58. The molecule has 2 aliphatic rings. The first-order valence-electron chi connectivity index (χ1n) is 11.4. The molecular weight excluding hydrogens is 459 g/mol. The van der Waals surface area contributed by atoms with E-state index in [9.17, 15) is 22.8 Å². The molecule has 1 N–H and O–H groups in total. The van der Waals surface area contributed by atoms with E-state index >= 15 is 0 Å². The second kappa shape index (κ2) is 9.60. The molecule has 0 spiro atoms. The third-order valence-electron chi connectivity index (χ3n) is 6.46. The van der Waals surface area contributed by atoms with E-state index < -0.39 is 29.6 Å². The van der Waals surface area contributed by atoms with Crippen molar-refractivity contribution in [2.45, 2.75) is 38.3 Å². The fraction of sp³-hybridized carbons (Fsp3) is 0.333. The molecule has 3 unspecified atom stereocenters. The molecule has 2 aromatic rings. The van der Waals surface area contributed by atoms with Gasteiger partial charge in [0, 0.05) is 17.3 Å². The lowest BCUT2D eigenvalue weighted by Gasteiger charge is -2.33. The Morgan fingerprint density at radius 1 is 0.971 bits per heavy atom. The van der Waals surface area contributed by atoms with Crippen molar-refractivity contribution in [1.82, 2.24) is 5.32 Å². The molecule has 0 amide bonds. The Bertz CT molecular complexity index is 1200. The van der Waals surface area contributed by atoms with E-state index in [-0.39, 0.29) is 35.2 Å². The summed E-state index contributed by atoms with van der Waals surface area (Å²) >= 11 is 0. The van der Waals surface area contributed by atoms with Crippen LogP contribution in [0.25, 0.3) is 0 Å². The quantitative estimate of drug-likeness (QED) is 0.551. The molecule has 3 atom stereocenters. The molecule has 4 rings (SSSR count). The summed E-state index contributed by atoms with van der Waals surface area (Å²) in [5.74, 6) is -2.91. The van der Waals surface area contributed by atoms with Gasteiger partial charge in [0.05, 0.1) is 36.3 Å². The van der Waals surface area contributed by atoms with Gasteiger partial charge in [0.15, 0.2) is 0 Å². The van der Waals surface area contributed by atoms with Crippen LogP contribution in [0.15, 0.2) is 77.1 Å². The Hall–Kier alpha value is -3.55. The van der Waals surface area contributed by atoms with Crippen LogP contribution in [0.1, 0.15) is 48.8 Å². The fourth-order valence-corrected chi connectivity index (χ4v) is 4.86. The number of ether oxygens (including phenoxy) is 2. The summed E-state index contributed by atoms with van der Waals surface area (Å²) in [5.41, 5.74) is 0.759. The minimum Gasteiger partial charge on any atom is -0.466 e. The van der Waals surface area contributed by atoms with Crippen molar-refractivity contribution in [3.05, 3.63) is 93.8 Å². The minimum absolute atomic E-state index is 0.0120. The molecular formula is C27H26F3NO4. The number of rotatable bonds is 6. The van der Waals surface area contributed by atoms with Crippen LogP contribution in [0.3, 0.4) is 0 Å². The fourth-order valence-electron chi connectivity index (χ4n) is 4.86. The third-order valence-corrected chi connectivity index (χ3v) is 6.46. The van der Waals surface area contributed by atoms with E-state index in [4.69, 9.17) is 9.47 Å². The first-order chi connectivity index (χ1) is 16.7. The molecule has 0 aromatic heterocycles. The van der Waals surface area contributed by atoms with E-state index in [1.807, 2.05) is 30.3 Å². The monoisotopic (exact) mass is 485 g/mol. The molecule has 2 aromatic carbocycles. The zero-order valence-electron chi connectivity index (χ0n) is 19.6. The SMILES string of the molecule is CCOC(=O)C1=C(C2CC2c2ccccc2)NC(C)=C(C(=O)OC)C1c1ccccc1C(F)(F)F. The van der Waals surface area contributed by atoms with Crippen LogP contribution in [0.4, 0.5) is 13.2 Å². The molecule has 1 aliphatic heterocycles. The summed E-state index contributed by atoms with van der Waals surface area (Å²) in [5, 5.41) is 3.17. The summed E-state index contributed by atoms with van der Waals surface area (Å²) in [6.45, 7) is 3.27. The number of esters is 2. The number of methoxy groups -OCH3 is 1. The molecule has 0 saturated heterocycles. The number of benzene rings is 2. The van der Waals surface area contributed by atoms with Gasteiger partial charge in [-0.3, -0.25) is 0 Å². The van der Waals surface area contributed by atoms with Gasteiger partial charge in [0.1, 0.15) is 0 Å². The van der Waals surface area contributed by atoms with Crippen LogP contribution in [0, 0.1) is 5.92 Å². The van der Waals surface area contributed by atoms with Crippen molar-refractivity contribution in [3.8, 4) is 0 Å². The van der Waals surface area contributed by atoms with Crippen LogP contribution in [-0.4, -0.2) is 25.7 Å². The van der Waals surface area contributed by atoms with Crippen molar-refractivity contribution < 1.29 is 32.2 Å². The number of hydrogen-bond acceptors (Lipinski definition) is 5. The number of carbonyl (C=O) groups excluding carboxylic acids is 2. The molecule has 1 fully saturated rings. The van der Waals surface area contributed by atoms with Crippen LogP contribution in [-0.2, 0) is 25.2 Å². The molecule has 0 radical (unpaired) electrons. The number of nitrogens with one attached hydrogen (secondary N) is 1. The predicted octanol–water partition coefficient (Wildman–Crippen LogP) is 5.46. The number of dihydropyridines is 1. The highest BCUT2D eigenvalue weighted by molar-refractivity contribution is 6.00. The Morgan fingerprint density at radius 2 is 1.63 bits per heavy atom. The van der Waals surface area contributed by atoms with Crippen LogP contribution in [0.5, 0.6) is 0 Å². The second-order valence-corrected chi connectivity index (χ2v) is 8.58. The molecule has 1 heterocycles. The lowest BCUT2D eigenvalue weighted by Crippen LogP contribution is -2.34. The van der Waals surface area contributed by atoms with Gasteiger partial charge >= 0.3 is 18.1 Å². The van der Waals surface area contributed by atoms with Crippen molar-refractivity contribution >= 4 is 11.9 Å². The standard InChI is InChI=1S/C27H26F3NO4/c1-4-35-26(33)23-22(17-12-8-9-13-20(17)27(28,29)30)21(25(32)34-3)15(2)31-24(23)19-14-18(19)16-10-6-5-7-11-16/h5-13,18-19,22,31H,4,14H2,1-3H3. The van der Waals surface area contributed by atoms with Gasteiger partial charge in [0.2, 0.25) is 0 Å². The lowest BCUT2D eigenvalue weighted by atomic mass is 9.77. The summed E-state index contributed by atoms with van der Waals surface area (Å²) < 4.78 is 52.4.